The fraction of sp³-hybridized carbons (Fsp3) is 0.367. The zero-order valence-corrected chi connectivity index (χ0v) is 22.9. The molecule has 2 aromatic carbocycles. The summed E-state index contributed by atoms with van der Waals surface area (Å²) in [5.74, 6) is 4.55. The predicted octanol–water partition coefficient (Wildman–Crippen LogP) is 5.50. The third-order valence-corrected chi connectivity index (χ3v) is 6.00. The van der Waals surface area contributed by atoms with E-state index in [-0.39, 0.29) is 31.7 Å². The molecule has 9 nitrogen and oxygen atoms in total. The lowest BCUT2D eigenvalue weighted by molar-refractivity contribution is -0.498. The van der Waals surface area contributed by atoms with Crippen LogP contribution in [0.4, 0.5) is 5.69 Å². The average Bonchev–Trinajstić information content (AvgIpc) is 2.91. The van der Waals surface area contributed by atoms with Crippen LogP contribution >= 0.6 is 0 Å². The van der Waals surface area contributed by atoms with Gasteiger partial charge in [0.1, 0.15) is 0 Å². The number of allylic oxidation sites excluding steroid dienone is 2. The van der Waals surface area contributed by atoms with Gasteiger partial charge in [-0.1, -0.05) is 35.6 Å². The molecule has 206 valence electrons. The number of carbonyl (C=O) groups excluding carboxylic acids is 2. The molecular formula is C30H34N2O7. The first kappa shape index (κ1) is 30.8. The molecule has 0 aliphatic carbocycles. The third kappa shape index (κ3) is 8.27. The number of hydrogen-bond donors (Lipinski definition) is 0. The van der Waals surface area contributed by atoms with E-state index >= 15 is 0 Å². The molecule has 0 saturated carbocycles. The molecule has 0 radical (unpaired) electrons. The monoisotopic (exact) mass is 534 g/mol. The number of nitro benzene ring substituents is 1. The lowest BCUT2D eigenvalue weighted by Crippen LogP contribution is -2.41. The lowest BCUT2D eigenvalue weighted by Gasteiger charge is -2.26. The minimum Gasteiger partial charge on any atom is -0.623 e. The number of nitrogens with zero attached hydrogens (tertiary/aromatic N) is 2. The van der Waals surface area contributed by atoms with E-state index in [2.05, 4.69) is 11.8 Å². The van der Waals surface area contributed by atoms with E-state index in [0.29, 0.717) is 16.7 Å². The van der Waals surface area contributed by atoms with Gasteiger partial charge in [0.2, 0.25) is 0 Å². The Kier molecular flexibility index (Phi) is 11.4. The Morgan fingerprint density at radius 1 is 1.00 bits per heavy atom. The van der Waals surface area contributed by atoms with Gasteiger partial charge in [-0.15, -0.1) is 0 Å². The molecule has 39 heavy (non-hydrogen) atoms. The quantitative estimate of drug-likeness (QED) is 0.0430. The summed E-state index contributed by atoms with van der Waals surface area (Å²) in [4.78, 5) is 36.4. The summed E-state index contributed by atoms with van der Waals surface area (Å²) in [7, 11) is 0. The van der Waals surface area contributed by atoms with E-state index in [9.17, 15) is 24.9 Å². The maximum absolute atomic E-state index is 13.0. The summed E-state index contributed by atoms with van der Waals surface area (Å²) < 4.78 is 11.2. The van der Waals surface area contributed by atoms with Crippen molar-refractivity contribution in [3.05, 3.63) is 92.2 Å². The number of nitro groups is 1. The van der Waals surface area contributed by atoms with E-state index in [4.69, 9.17) is 9.47 Å². The number of non-ortho nitro benzene ring substituents is 1. The summed E-state index contributed by atoms with van der Waals surface area (Å²) in [6, 6.07) is 12.2. The minimum absolute atomic E-state index is 0.0562. The van der Waals surface area contributed by atoms with Crippen molar-refractivity contribution in [3.8, 4) is 11.8 Å². The summed E-state index contributed by atoms with van der Waals surface area (Å²) in [5, 5.41) is 23.8. The van der Waals surface area contributed by atoms with Gasteiger partial charge >= 0.3 is 11.9 Å². The number of benzene rings is 2. The number of rotatable bonds is 11. The maximum atomic E-state index is 13.0. The molecule has 0 aliphatic rings. The molecule has 0 saturated heterocycles. The molecule has 0 N–H and O–H groups in total. The second-order valence-corrected chi connectivity index (χ2v) is 9.09. The predicted molar refractivity (Wildman–Crippen MR) is 148 cm³/mol. The standard InChI is InChI=1S/C30H34N2O7/c1-6-38-28(33)30(20-18-22(3)4,29(34)39-7-2)19-10-13-25-11-8-9-12-26(25)21-31(35)23(5)24-14-16-27(17-15-24)32(36)37/h8-9,11-12,14-18,21,23H,6-7,19-20H2,1-5H3/b31-21-/t23-/m0/s1. The third-order valence-electron chi connectivity index (χ3n) is 6.00. The second-order valence-electron chi connectivity index (χ2n) is 9.09. The maximum Gasteiger partial charge on any atom is 0.324 e. The van der Waals surface area contributed by atoms with Crippen LogP contribution in [0, 0.1) is 32.6 Å². The van der Waals surface area contributed by atoms with E-state index in [1.54, 1.807) is 63.2 Å². The second kappa shape index (κ2) is 14.5. The SMILES string of the molecule is CCOC(=O)C(CC#Cc1ccccc1/C=[N+](\[O-])[C@@H](C)c1ccc([N+](=O)[O-])cc1)(CC=C(C)C)C(=O)OCC. The van der Waals surface area contributed by atoms with Gasteiger partial charge in [0, 0.05) is 36.6 Å². The molecule has 0 spiro atoms. The molecule has 0 unspecified atom stereocenters. The van der Waals surface area contributed by atoms with Crippen LogP contribution in [0.2, 0.25) is 0 Å². The summed E-state index contributed by atoms with van der Waals surface area (Å²) in [6.45, 7) is 8.96. The highest BCUT2D eigenvalue weighted by Gasteiger charge is 2.47. The van der Waals surface area contributed by atoms with E-state index in [0.717, 1.165) is 10.3 Å². The van der Waals surface area contributed by atoms with Gasteiger partial charge in [-0.3, -0.25) is 19.7 Å². The topological polar surface area (TPSA) is 122 Å². The Morgan fingerprint density at radius 3 is 2.13 bits per heavy atom. The summed E-state index contributed by atoms with van der Waals surface area (Å²) in [5.41, 5.74) is 0.930. The molecule has 0 fully saturated rings. The number of carbonyl (C=O) groups is 2. The van der Waals surface area contributed by atoms with Crippen LogP contribution in [-0.2, 0) is 19.1 Å². The molecule has 0 heterocycles. The van der Waals surface area contributed by atoms with Crippen LogP contribution in [0.1, 0.15) is 70.2 Å². The van der Waals surface area contributed by atoms with Crippen molar-refractivity contribution in [2.24, 2.45) is 5.41 Å². The first-order chi connectivity index (χ1) is 18.5. The Hall–Kier alpha value is -4.45. The van der Waals surface area contributed by atoms with Crippen molar-refractivity contribution in [1.82, 2.24) is 0 Å². The average molecular weight is 535 g/mol. The fourth-order valence-electron chi connectivity index (χ4n) is 3.67. The zero-order valence-electron chi connectivity index (χ0n) is 22.9. The first-order valence-electron chi connectivity index (χ1n) is 12.7. The van der Waals surface area contributed by atoms with Crippen LogP contribution in [0.5, 0.6) is 0 Å². The van der Waals surface area contributed by atoms with Gasteiger partial charge in [-0.05, 0) is 58.4 Å². The van der Waals surface area contributed by atoms with Crippen LogP contribution < -0.4 is 0 Å². The lowest BCUT2D eigenvalue weighted by atomic mass is 9.80. The Balaban J connectivity index is 2.42. The first-order valence-corrected chi connectivity index (χ1v) is 12.7. The van der Waals surface area contributed by atoms with Crippen LogP contribution in [-0.4, -0.2) is 41.0 Å². The Labute approximate surface area is 228 Å². The molecule has 0 aliphatic heterocycles. The highest BCUT2D eigenvalue weighted by Crippen LogP contribution is 2.32. The fourth-order valence-corrected chi connectivity index (χ4v) is 3.67. The van der Waals surface area contributed by atoms with Crippen LogP contribution in [0.3, 0.4) is 0 Å². The Bertz CT molecular complexity index is 1280. The molecule has 0 amide bonds. The van der Waals surface area contributed by atoms with Crippen molar-refractivity contribution >= 4 is 23.8 Å². The van der Waals surface area contributed by atoms with E-state index < -0.39 is 28.3 Å². The number of esters is 2. The van der Waals surface area contributed by atoms with Gasteiger partial charge < -0.3 is 14.7 Å². The number of hydrogen-bond acceptors (Lipinski definition) is 7. The molecule has 2 aromatic rings. The molecule has 1 atom stereocenters. The van der Waals surface area contributed by atoms with Gasteiger partial charge in [-0.25, -0.2) is 4.74 Å². The van der Waals surface area contributed by atoms with Crippen molar-refractivity contribution in [3.63, 3.8) is 0 Å². The number of ether oxygens (including phenoxy) is 2. The van der Waals surface area contributed by atoms with Gasteiger partial charge in [0.25, 0.3) is 5.69 Å². The van der Waals surface area contributed by atoms with E-state index in [1.165, 1.54) is 18.3 Å². The van der Waals surface area contributed by atoms with Crippen molar-refractivity contribution in [2.75, 3.05) is 13.2 Å². The van der Waals surface area contributed by atoms with Crippen molar-refractivity contribution in [2.45, 2.75) is 53.5 Å². The van der Waals surface area contributed by atoms with Gasteiger partial charge in [0.15, 0.2) is 17.7 Å². The van der Waals surface area contributed by atoms with Gasteiger partial charge in [0.05, 0.1) is 23.7 Å². The Morgan fingerprint density at radius 2 is 1.59 bits per heavy atom. The van der Waals surface area contributed by atoms with E-state index in [1.807, 2.05) is 13.8 Å². The summed E-state index contributed by atoms with van der Waals surface area (Å²) in [6.07, 6.45) is 3.12. The highest BCUT2D eigenvalue weighted by atomic mass is 16.6. The van der Waals surface area contributed by atoms with Gasteiger partial charge in [-0.2, -0.15) is 0 Å². The largest absolute Gasteiger partial charge is 0.623 e. The van der Waals surface area contributed by atoms with Crippen LogP contribution in [0.15, 0.2) is 60.2 Å². The molecule has 0 bridgehead atoms. The molecule has 2 rings (SSSR count). The number of hydroxylamine groups is 1. The molecule has 9 heteroatoms. The molecular weight excluding hydrogens is 500 g/mol. The smallest absolute Gasteiger partial charge is 0.324 e. The minimum atomic E-state index is -1.62. The highest BCUT2D eigenvalue weighted by molar-refractivity contribution is 6.00. The van der Waals surface area contributed by atoms with Crippen molar-refractivity contribution in [1.29, 1.82) is 0 Å². The normalized spacial score (nSPS) is 12.0. The van der Waals surface area contributed by atoms with Crippen molar-refractivity contribution < 1.29 is 28.7 Å². The van der Waals surface area contributed by atoms with Crippen LogP contribution in [0.25, 0.3) is 0 Å². The zero-order chi connectivity index (χ0) is 29.0. The molecule has 0 aromatic heterocycles. The summed E-state index contributed by atoms with van der Waals surface area (Å²) >= 11 is 0.